The molecule has 9 heteroatoms. The lowest BCUT2D eigenvalue weighted by Gasteiger charge is -2.31. The van der Waals surface area contributed by atoms with E-state index >= 15 is 0 Å². The summed E-state index contributed by atoms with van der Waals surface area (Å²) >= 11 is 0. The lowest BCUT2D eigenvalue weighted by atomic mass is 9.97. The first-order chi connectivity index (χ1) is 18.1. The van der Waals surface area contributed by atoms with Crippen molar-refractivity contribution < 1.29 is 4.79 Å². The molecule has 3 aromatic heterocycles. The van der Waals surface area contributed by atoms with Gasteiger partial charge in [0.15, 0.2) is 0 Å². The molecule has 1 atom stereocenters. The van der Waals surface area contributed by atoms with Crippen molar-refractivity contribution in [3.05, 3.63) is 71.9 Å². The molecule has 0 bridgehead atoms. The Morgan fingerprint density at radius 3 is 2.65 bits per heavy atom. The summed E-state index contributed by atoms with van der Waals surface area (Å²) in [6.07, 6.45) is 10.0. The first-order valence-corrected chi connectivity index (χ1v) is 12.9. The zero-order valence-corrected chi connectivity index (χ0v) is 20.5. The molecule has 37 heavy (non-hydrogen) atoms. The maximum atomic E-state index is 12.9. The SMILES string of the molecule is Nc1nccn2c([C@@H]3CCCN(C4=NC4)C3)nc(-c3ccc(C(=O)Nc4cc(C5CC5)ccn4)cc3)c12. The Morgan fingerprint density at radius 1 is 1.03 bits per heavy atom. The number of nitrogens with zero attached hydrogens (tertiary/aromatic N) is 6. The van der Waals surface area contributed by atoms with Gasteiger partial charge in [-0.05, 0) is 61.4 Å². The Bertz CT molecular complexity index is 1540. The Hall–Kier alpha value is -4.27. The van der Waals surface area contributed by atoms with Crippen molar-refractivity contribution in [2.24, 2.45) is 4.99 Å². The molecule has 1 saturated carbocycles. The standard InChI is InChI=1S/C28H28N8O/c29-26-25-24(34-27(36(25)13-11-31-26)21-2-1-12-35(16-21)23-15-32-23)18-5-7-19(8-6-18)28(37)33-22-14-20(9-10-30-22)17-3-4-17/h5-11,13-14,17,21H,1-4,12,15-16H2,(H2,29,31)(H,30,33,37)/t21-/m1/s1. The third-order valence-electron chi connectivity index (χ3n) is 7.56. The van der Waals surface area contributed by atoms with Crippen LogP contribution in [0.25, 0.3) is 16.8 Å². The highest BCUT2D eigenvalue weighted by molar-refractivity contribution is 6.04. The molecule has 1 saturated heterocycles. The monoisotopic (exact) mass is 492 g/mol. The topological polar surface area (TPSA) is 114 Å². The molecule has 1 aliphatic carbocycles. The summed E-state index contributed by atoms with van der Waals surface area (Å²) in [5.74, 6) is 3.93. The van der Waals surface area contributed by atoms with Crippen LogP contribution >= 0.6 is 0 Å². The smallest absolute Gasteiger partial charge is 0.256 e. The minimum atomic E-state index is -0.186. The van der Waals surface area contributed by atoms with E-state index < -0.39 is 0 Å². The van der Waals surface area contributed by atoms with Gasteiger partial charge in [0, 0.05) is 48.7 Å². The van der Waals surface area contributed by atoms with Crippen molar-refractivity contribution in [2.45, 2.75) is 37.5 Å². The fourth-order valence-corrected chi connectivity index (χ4v) is 5.39. The van der Waals surface area contributed by atoms with Crippen LogP contribution < -0.4 is 11.1 Å². The number of hydrogen-bond acceptors (Lipinski definition) is 7. The third kappa shape index (κ3) is 4.20. The highest BCUT2D eigenvalue weighted by Gasteiger charge is 2.30. The number of amides is 1. The number of nitrogens with one attached hydrogen (secondary N) is 1. The zero-order chi connectivity index (χ0) is 24.9. The Morgan fingerprint density at radius 2 is 1.86 bits per heavy atom. The second-order valence-corrected chi connectivity index (χ2v) is 10.1. The number of rotatable bonds is 5. The van der Waals surface area contributed by atoms with Crippen LogP contribution in [-0.2, 0) is 0 Å². The van der Waals surface area contributed by atoms with Crippen LogP contribution in [0.1, 0.15) is 59.3 Å². The summed E-state index contributed by atoms with van der Waals surface area (Å²) in [4.78, 5) is 33.4. The van der Waals surface area contributed by atoms with Crippen LogP contribution in [-0.4, -0.2) is 55.6 Å². The number of hydrogen-bond donors (Lipinski definition) is 2. The number of anilines is 2. The molecule has 9 nitrogen and oxygen atoms in total. The number of piperidine rings is 1. The van der Waals surface area contributed by atoms with Crippen LogP contribution in [0.15, 0.2) is 60.0 Å². The number of pyridine rings is 1. The molecule has 0 unspecified atom stereocenters. The van der Waals surface area contributed by atoms with E-state index in [1.165, 1.54) is 24.2 Å². The highest BCUT2D eigenvalue weighted by Crippen LogP contribution is 2.40. The van der Waals surface area contributed by atoms with Gasteiger partial charge in [-0.1, -0.05) is 12.1 Å². The normalized spacial score (nSPS) is 19.1. The summed E-state index contributed by atoms with van der Waals surface area (Å²) in [6, 6.07) is 11.5. The van der Waals surface area contributed by atoms with Crippen LogP contribution in [0.3, 0.4) is 0 Å². The number of imidazole rings is 1. The molecular weight excluding hydrogens is 464 g/mol. The summed E-state index contributed by atoms with van der Waals surface area (Å²) in [6.45, 7) is 2.83. The maximum absolute atomic E-state index is 12.9. The number of nitrogens with two attached hydrogens (primary N) is 1. The molecule has 2 aliphatic heterocycles. The van der Waals surface area contributed by atoms with E-state index in [2.05, 4.69) is 29.6 Å². The van der Waals surface area contributed by atoms with E-state index in [-0.39, 0.29) is 11.8 Å². The van der Waals surface area contributed by atoms with E-state index in [0.29, 0.717) is 23.1 Å². The van der Waals surface area contributed by atoms with Crippen LogP contribution in [0, 0.1) is 0 Å². The molecule has 7 rings (SSSR count). The molecule has 2 fully saturated rings. The molecule has 3 aliphatic rings. The number of nitrogen functional groups attached to an aromatic ring is 1. The van der Waals surface area contributed by atoms with Crippen molar-refractivity contribution >= 4 is 28.9 Å². The lowest BCUT2D eigenvalue weighted by molar-refractivity contribution is 0.102. The van der Waals surface area contributed by atoms with Gasteiger partial charge in [0.25, 0.3) is 5.91 Å². The summed E-state index contributed by atoms with van der Waals surface area (Å²) in [5.41, 5.74) is 10.6. The molecule has 1 aromatic carbocycles. The second kappa shape index (κ2) is 8.69. The van der Waals surface area contributed by atoms with Gasteiger partial charge in [0.05, 0.1) is 6.54 Å². The molecule has 1 amide bonds. The number of fused-ring (bicyclic) bond motifs is 1. The lowest BCUT2D eigenvalue weighted by Crippen LogP contribution is -2.36. The Labute approximate surface area is 214 Å². The van der Waals surface area contributed by atoms with Gasteiger partial charge in [-0.2, -0.15) is 0 Å². The number of benzene rings is 1. The average molecular weight is 493 g/mol. The molecule has 5 heterocycles. The van der Waals surface area contributed by atoms with Crippen molar-refractivity contribution in [3.63, 3.8) is 0 Å². The first kappa shape index (κ1) is 22.0. The first-order valence-electron chi connectivity index (χ1n) is 12.9. The van der Waals surface area contributed by atoms with Crippen molar-refractivity contribution in [2.75, 3.05) is 30.7 Å². The Balaban J connectivity index is 1.17. The number of amidine groups is 1. The van der Waals surface area contributed by atoms with Gasteiger partial charge >= 0.3 is 0 Å². The van der Waals surface area contributed by atoms with Crippen molar-refractivity contribution in [1.29, 1.82) is 0 Å². The average Bonchev–Trinajstić information content (AvgIpc) is 3.86. The molecule has 0 radical (unpaired) electrons. The minimum Gasteiger partial charge on any atom is -0.382 e. The second-order valence-electron chi connectivity index (χ2n) is 10.1. The number of aliphatic imine (C=N–C) groups is 1. The predicted octanol–water partition coefficient (Wildman–Crippen LogP) is 4.09. The van der Waals surface area contributed by atoms with E-state index in [1.54, 1.807) is 12.4 Å². The van der Waals surface area contributed by atoms with E-state index in [1.807, 2.05) is 42.6 Å². The van der Waals surface area contributed by atoms with Gasteiger partial charge in [-0.25, -0.2) is 15.0 Å². The zero-order valence-electron chi connectivity index (χ0n) is 20.5. The number of carbonyl (C=O) groups is 1. The number of carbonyl (C=O) groups excluding carboxylic acids is 1. The fourth-order valence-electron chi connectivity index (χ4n) is 5.39. The van der Waals surface area contributed by atoms with Gasteiger partial charge in [0.2, 0.25) is 0 Å². The highest BCUT2D eigenvalue weighted by atomic mass is 16.1. The molecular formula is C28H28N8O. The molecule has 3 N–H and O–H groups in total. The largest absolute Gasteiger partial charge is 0.382 e. The quantitative estimate of drug-likeness (QED) is 0.434. The molecule has 0 spiro atoms. The van der Waals surface area contributed by atoms with E-state index in [9.17, 15) is 4.79 Å². The van der Waals surface area contributed by atoms with Crippen molar-refractivity contribution in [3.8, 4) is 11.3 Å². The van der Waals surface area contributed by atoms with Crippen LogP contribution in [0.2, 0.25) is 0 Å². The number of likely N-dealkylation sites (tertiary alicyclic amines) is 1. The summed E-state index contributed by atoms with van der Waals surface area (Å²) < 4.78 is 2.08. The predicted molar refractivity (Wildman–Crippen MR) is 143 cm³/mol. The van der Waals surface area contributed by atoms with Gasteiger partial charge < -0.3 is 16.0 Å². The molecule has 186 valence electrons. The van der Waals surface area contributed by atoms with Crippen molar-refractivity contribution in [1.82, 2.24) is 24.3 Å². The van der Waals surface area contributed by atoms with E-state index in [0.717, 1.165) is 55.1 Å². The van der Waals surface area contributed by atoms with Gasteiger partial charge in [-0.3, -0.25) is 14.2 Å². The third-order valence-corrected chi connectivity index (χ3v) is 7.56. The Kier molecular flexibility index (Phi) is 5.16. The van der Waals surface area contributed by atoms with Crippen LogP contribution in [0.4, 0.5) is 11.6 Å². The van der Waals surface area contributed by atoms with Gasteiger partial charge in [-0.15, -0.1) is 0 Å². The minimum absolute atomic E-state index is 0.186. The summed E-state index contributed by atoms with van der Waals surface area (Å²) in [7, 11) is 0. The van der Waals surface area contributed by atoms with Crippen LogP contribution in [0.5, 0.6) is 0 Å². The number of aromatic nitrogens is 4. The van der Waals surface area contributed by atoms with Gasteiger partial charge in [0.1, 0.15) is 34.5 Å². The van der Waals surface area contributed by atoms with E-state index in [4.69, 9.17) is 10.7 Å². The summed E-state index contributed by atoms with van der Waals surface area (Å²) in [5, 5.41) is 2.93. The maximum Gasteiger partial charge on any atom is 0.256 e. The molecule has 4 aromatic rings. The fraction of sp³-hybridized carbons (Fsp3) is 0.321.